The molecular formula is C13H25NO2. The fourth-order valence-electron chi connectivity index (χ4n) is 2.51. The van der Waals surface area contributed by atoms with Crippen LogP contribution in [0.1, 0.15) is 52.4 Å². The molecule has 0 spiro atoms. The van der Waals surface area contributed by atoms with Crippen LogP contribution in [0.4, 0.5) is 0 Å². The van der Waals surface area contributed by atoms with Crippen LogP contribution in [0.3, 0.4) is 0 Å². The fraction of sp³-hybridized carbons (Fsp3) is 0.923. The monoisotopic (exact) mass is 227 g/mol. The van der Waals surface area contributed by atoms with Crippen molar-refractivity contribution in [2.24, 2.45) is 5.41 Å². The highest BCUT2D eigenvalue weighted by Crippen LogP contribution is 2.35. The molecule has 0 aromatic rings. The Morgan fingerprint density at radius 3 is 2.31 bits per heavy atom. The molecule has 3 nitrogen and oxygen atoms in total. The van der Waals surface area contributed by atoms with Crippen LogP contribution in [0, 0.1) is 5.41 Å². The average molecular weight is 227 g/mol. The lowest BCUT2D eigenvalue weighted by Gasteiger charge is -2.38. The van der Waals surface area contributed by atoms with Crippen LogP contribution in [-0.2, 0) is 4.79 Å². The van der Waals surface area contributed by atoms with Crippen molar-refractivity contribution in [1.82, 2.24) is 4.90 Å². The van der Waals surface area contributed by atoms with Crippen LogP contribution in [0.2, 0.25) is 0 Å². The highest BCUT2D eigenvalue weighted by atomic mass is 16.4. The van der Waals surface area contributed by atoms with Gasteiger partial charge in [0.25, 0.3) is 0 Å². The van der Waals surface area contributed by atoms with Gasteiger partial charge in [-0.25, -0.2) is 0 Å². The third-order valence-electron chi connectivity index (χ3n) is 4.02. The predicted molar refractivity (Wildman–Crippen MR) is 65.6 cm³/mol. The van der Waals surface area contributed by atoms with E-state index in [1.54, 1.807) is 0 Å². The van der Waals surface area contributed by atoms with Crippen molar-refractivity contribution in [2.45, 2.75) is 52.4 Å². The Hall–Kier alpha value is -0.570. The van der Waals surface area contributed by atoms with Gasteiger partial charge in [-0.1, -0.05) is 26.7 Å². The molecule has 1 aliphatic heterocycles. The van der Waals surface area contributed by atoms with Crippen molar-refractivity contribution >= 4 is 5.97 Å². The number of likely N-dealkylation sites (tertiary alicyclic amines) is 1. The molecule has 0 aromatic heterocycles. The van der Waals surface area contributed by atoms with Gasteiger partial charge in [-0.05, 0) is 45.3 Å². The number of aliphatic carboxylic acids is 1. The van der Waals surface area contributed by atoms with Crippen LogP contribution in [0.15, 0.2) is 0 Å². The fourth-order valence-corrected chi connectivity index (χ4v) is 2.51. The molecule has 0 bridgehead atoms. The Balaban J connectivity index is 2.35. The van der Waals surface area contributed by atoms with Crippen LogP contribution in [0.25, 0.3) is 0 Å². The van der Waals surface area contributed by atoms with Crippen molar-refractivity contribution in [3.63, 3.8) is 0 Å². The van der Waals surface area contributed by atoms with Crippen molar-refractivity contribution in [3.8, 4) is 0 Å². The maximum absolute atomic E-state index is 11.3. The van der Waals surface area contributed by atoms with Gasteiger partial charge in [0.15, 0.2) is 0 Å². The highest BCUT2D eigenvalue weighted by molar-refractivity contribution is 5.74. The Bertz CT molecular complexity index is 220. The minimum Gasteiger partial charge on any atom is -0.481 e. The number of hydrogen-bond acceptors (Lipinski definition) is 2. The molecule has 1 heterocycles. The number of nitrogens with zero attached hydrogens (tertiary/aromatic N) is 1. The number of unbranched alkanes of at least 4 members (excludes halogenated alkanes) is 2. The SMILES string of the molecule is CCCCCN1CCC(CC)(C(=O)O)CC1. The molecule has 0 aromatic carbocycles. The first-order chi connectivity index (χ1) is 7.64. The second kappa shape index (κ2) is 6.24. The molecule has 1 N–H and O–H groups in total. The Morgan fingerprint density at radius 2 is 1.88 bits per heavy atom. The lowest BCUT2D eigenvalue weighted by molar-refractivity contribution is -0.152. The van der Waals surface area contributed by atoms with E-state index < -0.39 is 11.4 Å². The molecule has 0 atom stereocenters. The topological polar surface area (TPSA) is 40.5 Å². The average Bonchev–Trinajstić information content (AvgIpc) is 2.30. The van der Waals surface area contributed by atoms with Gasteiger partial charge in [-0.15, -0.1) is 0 Å². The molecular weight excluding hydrogens is 202 g/mol. The number of carboxylic acid groups (broad SMARTS) is 1. The summed E-state index contributed by atoms with van der Waals surface area (Å²) in [5.41, 5.74) is -0.429. The van der Waals surface area contributed by atoms with Crippen molar-refractivity contribution in [3.05, 3.63) is 0 Å². The number of carboxylic acids is 1. The van der Waals surface area contributed by atoms with E-state index in [0.29, 0.717) is 0 Å². The number of rotatable bonds is 6. The van der Waals surface area contributed by atoms with Crippen LogP contribution < -0.4 is 0 Å². The lowest BCUT2D eigenvalue weighted by atomic mass is 9.76. The molecule has 16 heavy (non-hydrogen) atoms. The van der Waals surface area contributed by atoms with Crippen molar-refractivity contribution in [2.75, 3.05) is 19.6 Å². The summed E-state index contributed by atoms with van der Waals surface area (Å²) in [6.45, 7) is 7.28. The summed E-state index contributed by atoms with van der Waals surface area (Å²) in [4.78, 5) is 13.7. The maximum Gasteiger partial charge on any atom is 0.309 e. The molecule has 1 rings (SSSR count). The maximum atomic E-state index is 11.3. The van der Waals surface area contributed by atoms with Gasteiger partial charge in [-0.3, -0.25) is 4.79 Å². The molecule has 1 aliphatic rings. The molecule has 0 radical (unpaired) electrons. The van der Waals surface area contributed by atoms with E-state index in [4.69, 9.17) is 0 Å². The van der Waals surface area contributed by atoms with Crippen LogP contribution in [0.5, 0.6) is 0 Å². The normalized spacial score (nSPS) is 20.9. The molecule has 1 saturated heterocycles. The largest absolute Gasteiger partial charge is 0.481 e. The minimum atomic E-state index is -0.594. The molecule has 3 heteroatoms. The van der Waals surface area contributed by atoms with E-state index in [9.17, 15) is 9.90 Å². The van der Waals surface area contributed by atoms with Crippen LogP contribution in [-0.4, -0.2) is 35.6 Å². The first kappa shape index (κ1) is 13.5. The summed E-state index contributed by atoms with van der Waals surface area (Å²) < 4.78 is 0. The zero-order valence-electron chi connectivity index (χ0n) is 10.7. The predicted octanol–water partition coefficient (Wildman–Crippen LogP) is 2.75. The second-order valence-corrected chi connectivity index (χ2v) is 4.99. The number of carbonyl (C=O) groups is 1. The summed E-state index contributed by atoms with van der Waals surface area (Å²) in [6, 6.07) is 0. The smallest absolute Gasteiger partial charge is 0.309 e. The van der Waals surface area contributed by atoms with Gasteiger partial charge in [0.05, 0.1) is 5.41 Å². The van der Waals surface area contributed by atoms with E-state index in [-0.39, 0.29) is 0 Å². The van der Waals surface area contributed by atoms with Gasteiger partial charge >= 0.3 is 5.97 Å². The number of piperidine rings is 1. The quantitative estimate of drug-likeness (QED) is 0.709. The molecule has 0 amide bonds. The van der Waals surface area contributed by atoms with Crippen LogP contribution >= 0.6 is 0 Å². The summed E-state index contributed by atoms with van der Waals surface area (Å²) in [5.74, 6) is -0.594. The summed E-state index contributed by atoms with van der Waals surface area (Å²) in [7, 11) is 0. The van der Waals surface area contributed by atoms with E-state index in [2.05, 4.69) is 11.8 Å². The Labute approximate surface area is 98.8 Å². The third kappa shape index (κ3) is 3.21. The molecule has 0 aliphatic carbocycles. The first-order valence-electron chi connectivity index (χ1n) is 6.60. The standard InChI is InChI=1S/C13H25NO2/c1-3-5-6-9-14-10-7-13(4-2,8-11-14)12(15)16/h3-11H2,1-2H3,(H,15,16). The Morgan fingerprint density at radius 1 is 1.25 bits per heavy atom. The Kier molecular flexibility index (Phi) is 5.26. The molecule has 1 fully saturated rings. The van der Waals surface area contributed by atoms with Gasteiger partial charge in [0.2, 0.25) is 0 Å². The van der Waals surface area contributed by atoms with Gasteiger partial charge < -0.3 is 10.0 Å². The van der Waals surface area contributed by atoms with E-state index in [1.165, 1.54) is 19.3 Å². The lowest BCUT2D eigenvalue weighted by Crippen LogP contribution is -2.44. The van der Waals surface area contributed by atoms with Gasteiger partial charge in [-0.2, -0.15) is 0 Å². The molecule has 0 unspecified atom stereocenters. The van der Waals surface area contributed by atoms with E-state index in [1.807, 2.05) is 6.92 Å². The summed E-state index contributed by atoms with van der Waals surface area (Å²) >= 11 is 0. The number of hydrogen-bond donors (Lipinski definition) is 1. The summed E-state index contributed by atoms with van der Waals surface area (Å²) in [6.07, 6.45) is 6.21. The second-order valence-electron chi connectivity index (χ2n) is 4.99. The molecule has 0 saturated carbocycles. The first-order valence-corrected chi connectivity index (χ1v) is 6.60. The van der Waals surface area contributed by atoms with Gasteiger partial charge in [0.1, 0.15) is 0 Å². The highest BCUT2D eigenvalue weighted by Gasteiger charge is 2.39. The molecule has 94 valence electrons. The van der Waals surface area contributed by atoms with E-state index in [0.717, 1.165) is 38.9 Å². The van der Waals surface area contributed by atoms with Gasteiger partial charge in [0, 0.05) is 0 Å². The summed E-state index contributed by atoms with van der Waals surface area (Å²) in [5, 5.41) is 9.27. The minimum absolute atomic E-state index is 0.429. The zero-order chi connectivity index (χ0) is 12.0. The third-order valence-corrected chi connectivity index (χ3v) is 4.02. The van der Waals surface area contributed by atoms with Crippen molar-refractivity contribution in [1.29, 1.82) is 0 Å². The zero-order valence-corrected chi connectivity index (χ0v) is 10.7. The van der Waals surface area contributed by atoms with E-state index >= 15 is 0 Å². The van der Waals surface area contributed by atoms with Crippen molar-refractivity contribution < 1.29 is 9.90 Å².